The predicted molar refractivity (Wildman–Crippen MR) is 38.7 cm³/mol. The Labute approximate surface area is 58.1 Å². The van der Waals surface area contributed by atoms with Gasteiger partial charge in [0.25, 0.3) is 0 Å². The van der Waals surface area contributed by atoms with Crippen molar-refractivity contribution in [2.75, 3.05) is 0 Å². The molecule has 0 aromatic rings. The largest absolute Gasteiger partial charge is 0.299 e. The summed E-state index contributed by atoms with van der Waals surface area (Å²) in [4.78, 5) is 10.2. The van der Waals surface area contributed by atoms with Crippen LogP contribution in [0.1, 0.15) is 0 Å². The van der Waals surface area contributed by atoms with Gasteiger partial charge >= 0.3 is 0 Å². The van der Waals surface area contributed by atoms with Gasteiger partial charge in [-0.25, -0.2) is 0 Å². The summed E-state index contributed by atoms with van der Waals surface area (Å²) < 4.78 is 0. The highest BCUT2D eigenvalue weighted by Gasteiger charge is 2.09. The third-order valence-corrected chi connectivity index (χ3v) is 1.22. The minimum absolute atomic E-state index is 0.00231. The number of allylic oxidation sites excluding steroid dienone is 4. The van der Waals surface area contributed by atoms with E-state index in [1.165, 1.54) is 12.2 Å². The number of hydrogen-bond acceptors (Lipinski definition) is 3. The fourth-order valence-electron chi connectivity index (χ4n) is 0.668. The molecule has 2 N–H and O–H groups in total. The standard InChI is InChI=1S/C7H6N2O/c8-6-3-1-2-5(4-10)7(6)9/h1-4,8-9H. The first-order chi connectivity index (χ1) is 4.75. The molecule has 0 atom stereocenters. The minimum atomic E-state index is -0.00231. The van der Waals surface area contributed by atoms with Crippen LogP contribution < -0.4 is 0 Å². The maximum Gasteiger partial charge on any atom is 0.152 e. The molecular weight excluding hydrogens is 128 g/mol. The topological polar surface area (TPSA) is 64.8 Å². The van der Waals surface area contributed by atoms with Crippen LogP contribution in [0.5, 0.6) is 0 Å². The van der Waals surface area contributed by atoms with Crippen molar-refractivity contribution in [2.45, 2.75) is 0 Å². The molecule has 0 fully saturated rings. The Kier molecular flexibility index (Phi) is 1.58. The molecule has 0 aromatic heterocycles. The van der Waals surface area contributed by atoms with Crippen molar-refractivity contribution in [1.82, 2.24) is 0 Å². The molecule has 0 aliphatic heterocycles. The van der Waals surface area contributed by atoms with E-state index in [1.807, 2.05) is 0 Å². The van der Waals surface area contributed by atoms with Crippen LogP contribution in [-0.2, 0) is 4.79 Å². The normalized spacial score (nSPS) is 17.0. The average Bonchev–Trinajstić information content (AvgIpc) is 1.95. The number of nitrogens with one attached hydrogen (secondary N) is 2. The maximum atomic E-state index is 10.2. The first-order valence-electron chi connectivity index (χ1n) is 2.77. The number of carbonyl (C=O) groups is 1. The quantitative estimate of drug-likeness (QED) is 0.402. The molecule has 0 saturated heterocycles. The first kappa shape index (κ1) is 6.61. The van der Waals surface area contributed by atoms with Gasteiger partial charge in [0.15, 0.2) is 6.29 Å². The Bertz CT molecular complexity index is 261. The summed E-state index contributed by atoms with van der Waals surface area (Å²) in [5, 5.41) is 14.3. The van der Waals surface area contributed by atoms with Gasteiger partial charge in [0.1, 0.15) is 0 Å². The molecule has 1 aliphatic rings. The third kappa shape index (κ3) is 0.932. The summed E-state index contributed by atoms with van der Waals surface area (Å²) in [6.45, 7) is 0. The SMILES string of the molecule is N=C1C=CC=C(C=O)C1=N. The highest BCUT2D eigenvalue weighted by atomic mass is 16.1. The van der Waals surface area contributed by atoms with Crippen LogP contribution in [0.25, 0.3) is 0 Å². The van der Waals surface area contributed by atoms with E-state index in [4.69, 9.17) is 10.8 Å². The monoisotopic (exact) mass is 134 g/mol. The molecule has 3 nitrogen and oxygen atoms in total. The Hall–Kier alpha value is -1.51. The van der Waals surface area contributed by atoms with Crippen molar-refractivity contribution >= 4 is 17.7 Å². The number of aldehydes is 1. The zero-order valence-electron chi connectivity index (χ0n) is 5.22. The Morgan fingerprint density at radius 2 is 2.10 bits per heavy atom. The minimum Gasteiger partial charge on any atom is -0.299 e. The van der Waals surface area contributed by atoms with E-state index in [0.29, 0.717) is 6.29 Å². The van der Waals surface area contributed by atoms with Gasteiger partial charge < -0.3 is 0 Å². The van der Waals surface area contributed by atoms with Crippen molar-refractivity contribution in [3.05, 3.63) is 23.8 Å². The third-order valence-electron chi connectivity index (χ3n) is 1.22. The molecule has 1 rings (SSSR count). The molecule has 0 saturated carbocycles. The maximum absolute atomic E-state index is 10.2. The Morgan fingerprint density at radius 1 is 1.40 bits per heavy atom. The summed E-state index contributed by atoms with van der Waals surface area (Å²) in [5.74, 6) is 0. The fraction of sp³-hybridized carbons (Fsp3) is 0. The van der Waals surface area contributed by atoms with Gasteiger partial charge in [0.05, 0.1) is 11.4 Å². The molecule has 0 amide bonds. The lowest BCUT2D eigenvalue weighted by Crippen LogP contribution is -2.15. The van der Waals surface area contributed by atoms with Crippen LogP contribution in [0.2, 0.25) is 0 Å². The van der Waals surface area contributed by atoms with E-state index < -0.39 is 0 Å². The summed E-state index contributed by atoms with van der Waals surface area (Å²) in [5.41, 5.74) is 0.356. The molecule has 0 aromatic carbocycles. The lowest BCUT2D eigenvalue weighted by Gasteiger charge is -2.03. The smallest absolute Gasteiger partial charge is 0.152 e. The van der Waals surface area contributed by atoms with Gasteiger partial charge in [0, 0.05) is 5.57 Å². The van der Waals surface area contributed by atoms with Crippen LogP contribution >= 0.6 is 0 Å². The number of hydrogen-bond donors (Lipinski definition) is 2. The molecule has 0 bridgehead atoms. The van der Waals surface area contributed by atoms with Crippen molar-refractivity contribution in [1.29, 1.82) is 10.8 Å². The van der Waals surface area contributed by atoms with Gasteiger partial charge in [0.2, 0.25) is 0 Å². The van der Waals surface area contributed by atoms with Gasteiger partial charge in [-0.3, -0.25) is 15.6 Å². The predicted octanol–water partition coefficient (Wildman–Crippen LogP) is 0.721. The van der Waals surface area contributed by atoms with Crippen molar-refractivity contribution < 1.29 is 4.79 Å². The van der Waals surface area contributed by atoms with Crippen molar-refractivity contribution in [2.24, 2.45) is 0 Å². The fourth-order valence-corrected chi connectivity index (χ4v) is 0.668. The molecular formula is C7H6N2O. The van der Waals surface area contributed by atoms with Gasteiger partial charge in [-0.2, -0.15) is 0 Å². The second-order valence-corrected chi connectivity index (χ2v) is 1.89. The van der Waals surface area contributed by atoms with E-state index in [-0.39, 0.29) is 17.0 Å². The summed E-state index contributed by atoms with van der Waals surface area (Å²) in [6, 6.07) is 0. The summed E-state index contributed by atoms with van der Waals surface area (Å²) in [6.07, 6.45) is 5.17. The second-order valence-electron chi connectivity index (χ2n) is 1.89. The molecule has 1 aliphatic carbocycles. The van der Waals surface area contributed by atoms with E-state index in [1.54, 1.807) is 6.08 Å². The molecule has 50 valence electrons. The van der Waals surface area contributed by atoms with Gasteiger partial charge in [-0.1, -0.05) is 6.08 Å². The zero-order valence-corrected chi connectivity index (χ0v) is 5.22. The lowest BCUT2D eigenvalue weighted by atomic mass is 10.0. The average molecular weight is 134 g/mol. The molecule has 0 spiro atoms. The highest BCUT2D eigenvalue weighted by molar-refractivity contribution is 6.54. The van der Waals surface area contributed by atoms with Crippen molar-refractivity contribution in [3.63, 3.8) is 0 Å². The van der Waals surface area contributed by atoms with E-state index in [0.717, 1.165) is 0 Å². The van der Waals surface area contributed by atoms with Crippen LogP contribution in [0.3, 0.4) is 0 Å². The summed E-state index contributed by atoms with van der Waals surface area (Å²) >= 11 is 0. The van der Waals surface area contributed by atoms with E-state index in [9.17, 15) is 4.79 Å². The highest BCUT2D eigenvalue weighted by Crippen LogP contribution is 2.01. The molecule has 0 radical (unpaired) electrons. The van der Waals surface area contributed by atoms with Crippen LogP contribution in [0, 0.1) is 10.8 Å². The van der Waals surface area contributed by atoms with Gasteiger partial charge in [-0.15, -0.1) is 0 Å². The zero-order chi connectivity index (χ0) is 7.56. The number of carbonyl (C=O) groups excluding carboxylic acids is 1. The second kappa shape index (κ2) is 2.39. The van der Waals surface area contributed by atoms with Gasteiger partial charge in [-0.05, 0) is 12.2 Å². The molecule has 0 unspecified atom stereocenters. The molecule has 3 heteroatoms. The molecule has 10 heavy (non-hydrogen) atoms. The Morgan fingerprint density at radius 3 is 2.60 bits per heavy atom. The van der Waals surface area contributed by atoms with E-state index in [2.05, 4.69) is 0 Å². The summed E-state index contributed by atoms with van der Waals surface area (Å²) in [7, 11) is 0. The first-order valence-corrected chi connectivity index (χ1v) is 2.77. The van der Waals surface area contributed by atoms with Crippen LogP contribution in [0.4, 0.5) is 0 Å². The van der Waals surface area contributed by atoms with Crippen LogP contribution in [0.15, 0.2) is 23.8 Å². The Balaban J connectivity index is 3.03. The van der Waals surface area contributed by atoms with Crippen LogP contribution in [-0.4, -0.2) is 17.7 Å². The number of rotatable bonds is 1. The van der Waals surface area contributed by atoms with Crippen molar-refractivity contribution in [3.8, 4) is 0 Å². The van der Waals surface area contributed by atoms with E-state index >= 15 is 0 Å². The lowest BCUT2D eigenvalue weighted by molar-refractivity contribution is -0.104. The molecule has 0 heterocycles.